The van der Waals surface area contributed by atoms with Crippen LogP contribution in [0.15, 0.2) is 71.8 Å². The predicted molar refractivity (Wildman–Crippen MR) is 131 cm³/mol. The molecule has 0 aliphatic carbocycles. The molecule has 0 saturated carbocycles. The van der Waals surface area contributed by atoms with Crippen molar-refractivity contribution in [2.24, 2.45) is 5.10 Å². The van der Waals surface area contributed by atoms with Gasteiger partial charge in [-0.1, -0.05) is 29.8 Å². The molecule has 34 heavy (non-hydrogen) atoms. The van der Waals surface area contributed by atoms with Gasteiger partial charge in [-0.2, -0.15) is 5.01 Å². The molecule has 1 atom stereocenters. The highest BCUT2D eigenvalue weighted by atomic mass is 35.5. The van der Waals surface area contributed by atoms with Crippen LogP contribution in [-0.4, -0.2) is 29.0 Å². The molecule has 2 heterocycles. The summed E-state index contributed by atoms with van der Waals surface area (Å²) in [5.74, 6) is 1.57. The third-order valence-electron chi connectivity index (χ3n) is 5.23. The Kier molecular flexibility index (Phi) is 5.77. The average Bonchev–Trinajstić information content (AvgIpc) is 3.42. The zero-order valence-corrected chi connectivity index (χ0v) is 19.8. The van der Waals surface area contributed by atoms with E-state index in [1.165, 1.54) is 36.4 Å². The van der Waals surface area contributed by atoms with E-state index in [4.69, 9.17) is 25.8 Å². The highest BCUT2D eigenvalue weighted by molar-refractivity contribution is 7.21. The van der Waals surface area contributed by atoms with Crippen molar-refractivity contribution < 1.29 is 24.1 Å². The van der Waals surface area contributed by atoms with Gasteiger partial charge in [0.25, 0.3) is 5.90 Å². The van der Waals surface area contributed by atoms with Crippen molar-refractivity contribution in [3.63, 3.8) is 0 Å². The van der Waals surface area contributed by atoms with Crippen LogP contribution in [0.2, 0.25) is 5.02 Å². The van der Waals surface area contributed by atoms with Gasteiger partial charge in [0, 0.05) is 22.6 Å². The van der Waals surface area contributed by atoms with Crippen LogP contribution in [0, 0.1) is 0 Å². The molecule has 9 heteroatoms. The number of halogens is 1. The number of fused-ring (bicyclic) bond motifs is 1. The number of benzene rings is 3. The van der Waals surface area contributed by atoms with Crippen LogP contribution in [0.5, 0.6) is 23.0 Å². The van der Waals surface area contributed by atoms with Crippen molar-refractivity contribution in [3.8, 4) is 23.0 Å². The number of carbonyl (C=O) groups is 1. The summed E-state index contributed by atoms with van der Waals surface area (Å²) in [5, 5.41) is 16.8. The monoisotopic (exact) mass is 494 g/mol. The Morgan fingerprint density at radius 3 is 2.65 bits per heavy atom. The number of phenolic OH excluding ortho intramolecular Hbond substituents is 1. The Bertz CT molecular complexity index is 1420. The minimum atomic E-state index is -0.819. The first-order chi connectivity index (χ1) is 16.4. The molecule has 1 unspecified atom stereocenters. The number of methoxy groups -OCH3 is 1. The van der Waals surface area contributed by atoms with E-state index in [9.17, 15) is 9.90 Å². The Balaban J connectivity index is 1.48. The van der Waals surface area contributed by atoms with Crippen molar-refractivity contribution in [2.75, 3.05) is 7.11 Å². The maximum atomic E-state index is 12.3. The number of nitrogens with zero attached hydrogens (tertiary/aromatic N) is 2. The van der Waals surface area contributed by atoms with E-state index in [0.717, 1.165) is 15.8 Å². The standard InChI is InChI=1S/C25H19ClN2O5S/c1-14(29)28-25(15-8-10-19(30)20(12-15)31-2)33-24(27-28)23-22(26)18-13-17(9-11-21(18)34-23)32-16-6-4-3-5-7-16/h3-13,25,30H,1-2H3. The molecule has 0 spiro atoms. The van der Waals surface area contributed by atoms with Gasteiger partial charge in [-0.3, -0.25) is 4.79 Å². The Morgan fingerprint density at radius 2 is 1.91 bits per heavy atom. The van der Waals surface area contributed by atoms with Crippen LogP contribution < -0.4 is 9.47 Å². The first-order valence-corrected chi connectivity index (χ1v) is 11.5. The van der Waals surface area contributed by atoms with E-state index in [1.807, 2.05) is 48.5 Å². The molecule has 0 radical (unpaired) electrons. The van der Waals surface area contributed by atoms with Gasteiger partial charge in [0.1, 0.15) is 16.4 Å². The molecule has 5 rings (SSSR count). The zero-order valence-electron chi connectivity index (χ0n) is 18.2. The van der Waals surface area contributed by atoms with Gasteiger partial charge in [-0.05, 0) is 48.5 Å². The summed E-state index contributed by atoms with van der Waals surface area (Å²) in [6, 6.07) is 19.9. The smallest absolute Gasteiger partial charge is 0.252 e. The van der Waals surface area contributed by atoms with Crippen molar-refractivity contribution in [1.82, 2.24) is 5.01 Å². The van der Waals surface area contributed by atoms with Crippen LogP contribution in [0.3, 0.4) is 0 Å². The number of amides is 1. The summed E-state index contributed by atoms with van der Waals surface area (Å²) in [6.45, 7) is 1.40. The number of carbonyl (C=O) groups excluding carboxylic acids is 1. The average molecular weight is 495 g/mol. The fourth-order valence-corrected chi connectivity index (χ4v) is 5.01. The van der Waals surface area contributed by atoms with Crippen LogP contribution in [0.1, 0.15) is 23.6 Å². The van der Waals surface area contributed by atoms with E-state index in [1.54, 1.807) is 12.1 Å². The molecule has 1 aliphatic rings. The number of para-hydroxylation sites is 1. The summed E-state index contributed by atoms with van der Waals surface area (Å²) in [5.41, 5.74) is 0.597. The second-order valence-corrected chi connectivity index (χ2v) is 8.92. The highest BCUT2D eigenvalue weighted by Crippen LogP contribution is 2.42. The van der Waals surface area contributed by atoms with Crippen LogP contribution in [0.25, 0.3) is 10.1 Å². The van der Waals surface area contributed by atoms with E-state index in [2.05, 4.69) is 5.10 Å². The number of hydrogen-bond donors (Lipinski definition) is 1. The SMILES string of the molecule is COc1cc(C2OC(c3sc4ccc(Oc5ccccc5)cc4c3Cl)=NN2C(C)=O)ccc1O. The molecule has 1 aliphatic heterocycles. The molecular weight excluding hydrogens is 476 g/mol. The molecule has 1 aromatic heterocycles. The van der Waals surface area contributed by atoms with Crippen LogP contribution in [-0.2, 0) is 9.53 Å². The fraction of sp³-hybridized carbons (Fsp3) is 0.120. The minimum Gasteiger partial charge on any atom is -0.504 e. The second-order valence-electron chi connectivity index (χ2n) is 7.49. The minimum absolute atomic E-state index is 0.0131. The van der Waals surface area contributed by atoms with Crippen LogP contribution in [0.4, 0.5) is 0 Å². The quantitative estimate of drug-likeness (QED) is 0.352. The molecule has 7 nitrogen and oxygen atoms in total. The van der Waals surface area contributed by atoms with Crippen molar-refractivity contribution >= 4 is 44.8 Å². The van der Waals surface area contributed by atoms with Crippen molar-refractivity contribution in [1.29, 1.82) is 0 Å². The van der Waals surface area contributed by atoms with Gasteiger partial charge < -0.3 is 19.3 Å². The van der Waals surface area contributed by atoms with E-state index >= 15 is 0 Å². The van der Waals surface area contributed by atoms with Gasteiger partial charge in [0.15, 0.2) is 11.5 Å². The second kappa shape index (κ2) is 8.89. The van der Waals surface area contributed by atoms with E-state index in [0.29, 0.717) is 21.2 Å². The number of aromatic hydroxyl groups is 1. The highest BCUT2D eigenvalue weighted by Gasteiger charge is 2.35. The maximum Gasteiger partial charge on any atom is 0.252 e. The van der Waals surface area contributed by atoms with Gasteiger partial charge in [-0.15, -0.1) is 16.4 Å². The number of hydrogen-bond acceptors (Lipinski definition) is 7. The lowest BCUT2D eigenvalue weighted by molar-refractivity contribution is -0.135. The number of rotatable bonds is 5. The first-order valence-electron chi connectivity index (χ1n) is 10.3. The normalized spacial score (nSPS) is 15.2. The summed E-state index contributed by atoms with van der Waals surface area (Å²) in [7, 11) is 1.45. The molecule has 0 fully saturated rings. The molecular formula is C25H19ClN2O5S. The molecule has 0 saturated heterocycles. The number of ether oxygens (including phenoxy) is 3. The van der Waals surface area contributed by atoms with E-state index < -0.39 is 6.23 Å². The topological polar surface area (TPSA) is 80.6 Å². The number of thiophene rings is 1. The summed E-state index contributed by atoms with van der Waals surface area (Å²) < 4.78 is 18.1. The lowest BCUT2D eigenvalue weighted by atomic mass is 10.1. The van der Waals surface area contributed by atoms with Gasteiger partial charge in [-0.25, -0.2) is 0 Å². The van der Waals surface area contributed by atoms with Crippen molar-refractivity contribution in [3.05, 3.63) is 82.2 Å². The molecule has 1 amide bonds. The molecule has 3 aromatic carbocycles. The summed E-state index contributed by atoms with van der Waals surface area (Å²) in [6.07, 6.45) is -0.819. The Morgan fingerprint density at radius 1 is 1.12 bits per heavy atom. The first kappa shape index (κ1) is 22.1. The Labute approximate surface area is 204 Å². The lowest BCUT2D eigenvalue weighted by Gasteiger charge is -2.19. The molecule has 4 aromatic rings. The van der Waals surface area contributed by atoms with Crippen molar-refractivity contribution in [2.45, 2.75) is 13.2 Å². The lowest BCUT2D eigenvalue weighted by Crippen LogP contribution is -2.25. The van der Waals surface area contributed by atoms with E-state index in [-0.39, 0.29) is 23.3 Å². The predicted octanol–water partition coefficient (Wildman–Crippen LogP) is 6.30. The Hall–Kier alpha value is -3.75. The molecule has 172 valence electrons. The summed E-state index contributed by atoms with van der Waals surface area (Å²) in [4.78, 5) is 12.9. The third-order valence-corrected chi connectivity index (χ3v) is 6.89. The number of phenols is 1. The molecule has 0 bridgehead atoms. The van der Waals surface area contributed by atoms with Gasteiger partial charge >= 0.3 is 0 Å². The van der Waals surface area contributed by atoms with Crippen LogP contribution >= 0.6 is 22.9 Å². The van der Waals surface area contributed by atoms with Gasteiger partial charge in [0.2, 0.25) is 12.1 Å². The summed E-state index contributed by atoms with van der Waals surface area (Å²) >= 11 is 8.15. The number of hydrazone groups is 1. The molecule has 1 N–H and O–H groups in total. The third kappa shape index (κ3) is 4.02. The largest absolute Gasteiger partial charge is 0.504 e. The maximum absolute atomic E-state index is 12.3. The van der Waals surface area contributed by atoms with Gasteiger partial charge in [0.05, 0.1) is 12.1 Å². The fourth-order valence-electron chi connectivity index (χ4n) is 3.59. The zero-order chi connectivity index (χ0) is 23.8.